The lowest BCUT2D eigenvalue weighted by molar-refractivity contribution is -0.158. The number of imide groups is 1. The molecule has 2 fully saturated rings. The third kappa shape index (κ3) is 5.50. The molecule has 2 amide bonds. The number of hydrogen-bond donors (Lipinski definition) is 0. The SMILES string of the molecule is CCC(=O)OC(CN1CCN(c2ccccc2OC)CC1)CN1C(=O)CCCC1=O. The first-order valence-corrected chi connectivity index (χ1v) is 10.6. The molecular formula is C22H31N3O5. The fourth-order valence-electron chi connectivity index (χ4n) is 3.96. The van der Waals surface area contributed by atoms with Crippen LogP contribution in [0.25, 0.3) is 0 Å². The molecule has 0 saturated carbocycles. The molecule has 0 N–H and O–H groups in total. The minimum absolute atomic E-state index is 0.135. The number of anilines is 1. The van der Waals surface area contributed by atoms with Crippen molar-refractivity contribution >= 4 is 23.5 Å². The lowest BCUT2D eigenvalue weighted by Gasteiger charge is -2.38. The van der Waals surface area contributed by atoms with Gasteiger partial charge in [0.05, 0.1) is 19.3 Å². The summed E-state index contributed by atoms with van der Waals surface area (Å²) < 4.78 is 11.1. The highest BCUT2D eigenvalue weighted by molar-refractivity contribution is 5.97. The first-order valence-electron chi connectivity index (χ1n) is 10.6. The molecule has 3 rings (SSSR count). The molecule has 0 bridgehead atoms. The zero-order chi connectivity index (χ0) is 21.5. The van der Waals surface area contributed by atoms with Gasteiger partial charge in [0, 0.05) is 52.0 Å². The van der Waals surface area contributed by atoms with Crippen molar-refractivity contribution in [2.45, 2.75) is 38.7 Å². The fraction of sp³-hybridized carbons (Fsp3) is 0.591. The van der Waals surface area contributed by atoms with Crippen LogP contribution in [0.1, 0.15) is 32.6 Å². The second kappa shape index (κ2) is 10.4. The van der Waals surface area contributed by atoms with E-state index in [1.807, 2.05) is 24.3 Å². The number of piperidine rings is 1. The van der Waals surface area contributed by atoms with Gasteiger partial charge in [-0.2, -0.15) is 0 Å². The summed E-state index contributed by atoms with van der Waals surface area (Å²) >= 11 is 0. The number of likely N-dealkylation sites (tertiary alicyclic amines) is 1. The summed E-state index contributed by atoms with van der Waals surface area (Å²) in [4.78, 5) is 42.1. The van der Waals surface area contributed by atoms with Gasteiger partial charge >= 0.3 is 5.97 Å². The number of nitrogens with zero attached hydrogens (tertiary/aromatic N) is 3. The molecule has 0 radical (unpaired) electrons. The van der Waals surface area contributed by atoms with Crippen LogP contribution >= 0.6 is 0 Å². The van der Waals surface area contributed by atoms with Crippen molar-refractivity contribution in [2.24, 2.45) is 0 Å². The molecule has 8 nitrogen and oxygen atoms in total. The van der Waals surface area contributed by atoms with Crippen molar-refractivity contribution in [2.75, 3.05) is 51.3 Å². The minimum atomic E-state index is -0.513. The van der Waals surface area contributed by atoms with Gasteiger partial charge < -0.3 is 14.4 Å². The van der Waals surface area contributed by atoms with Gasteiger partial charge in [0.2, 0.25) is 11.8 Å². The fourth-order valence-corrected chi connectivity index (χ4v) is 3.96. The Labute approximate surface area is 177 Å². The van der Waals surface area contributed by atoms with Gasteiger partial charge in [-0.05, 0) is 18.6 Å². The number of rotatable bonds is 8. The number of hydrogen-bond acceptors (Lipinski definition) is 7. The molecule has 0 aliphatic carbocycles. The van der Waals surface area contributed by atoms with E-state index in [0.717, 1.165) is 37.6 Å². The Morgan fingerprint density at radius 1 is 1.03 bits per heavy atom. The maximum Gasteiger partial charge on any atom is 0.305 e. The number of piperazine rings is 1. The molecule has 1 atom stereocenters. The number of amides is 2. The third-order valence-corrected chi connectivity index (χ3v) is 5.62. The molecule has 1 aromatic rings. The Morgan fingerprint density at radius 2 is 1.70 bits per heavy atom. The molecule has 0 spiro atoms. The van der Waals surface area contributed by atoms with Gasteiger partial charge in [-0.15, -0.1) is 0 Å². The van der Waals surface area contributed by atoms with Crippen molar-refractivity contribution in [3.63, 3.8) is 0 Å². The van der Waals surface area contributed by atoms with E-state index < -0.39 is 6.10 Å². The van der Waals surface area contributed by atoms with Gasteiger partial charge in [-0.1, -0.05) is 19.1 Å². The standard InChI is InChI=1S/C22H31N3O5/c1-3-22(28)30-17(16-25-20(26)9-6-10-21(25)27)15-23-11-13-24(14-12-23)18-7-4-5-8-19(18)29-2/h4-5,7-8,17H,3,6,9-16H2,1-2H3. The number of esters is 1. The van der Waals surface area contributed by atoms with Crippen LogP contribution in [0.15, 0.2) is 24.3 Å². The molecule has 1 unspecified atom stereocenters. The quantitative estimate of drug-likeness (QED) is 0.470. The van der Waals surface area contributed by atoms with E-state index in [0.29, 0.717) is 25.8 Å². The van der Waals surface area contributed by atoms with Gasteiger partial charge in [0.25, 0.3) is 0 Å². The van der Waals surface area contributed by atoms with Crippen LogP contribution in [0.2, 0.25) is 0 Å². The van der Waals surface area contributed by atoms with E-state index in [4.69, 9.17) is 9.47 Å². The highest BCUT2D eigenvalue weighted by Gasteiger charge is 2.31. The zero-order valence-electron chi connectivity index (χ0n) is 17.8. The Kier molecular flexibility index (Phi) is 7.68. The number of methoxy groups -OCH3 is 1. The molecule has 0 aromatic heterocycles. The molecule has 2 aliphatic heterocycles. The Balaban J connectivity index is 1.60. The molecule has 2 aliphatic rings. The van der Waals surface area contributed by atoms with Crippen LogP contribution in [-0.2, 0) is 19.1 Å². The molecule has 8 heteroatoms. The first kappa shape index (κ1) is 22.1. The molecule has 1 aromatic carbocycles. The van der Waals surface area contributed by atoms with Crippen molar-refractivity contribution in [3.8, 4) is 5.75 Å². The van der Waals surface area contributed by atoms with Gasteiger partial charge in [-0.3, -0.25) is 24.2 Å². The molecule has 30 heavy (non-hydrogen) atoms. The van der Waals surface area contributed by atoms with Crippen LogP contribution in [0, 0.1) is 0 Å². The zero-order valence-corrected chi connectivity index (χ0v) is 17.8. The van der Waals surface area contributed by atoms with Crippen molar-refractivity contribution in [3.05, 3.63) is 24.3 Å². The number of ether oxygens (including phenoxy) is 2. The van der Waals surface area contributed by atoms with E-state index in [1.54, 1.807) is 14.0 Å². The van der Waals surface area contributed by atoms with E-state index in [1.165, 1.54) is 4.90 Å². The van der Waals surface area contributed by atoms with E-state index in [2.05, 4.69) is 9.80 Å². The highest BCUT2D eigenvalue weighted by Crippen LogP contribution is 2.28. The van der Waals surface area contributed by atoms with Gasteiger partial charge in [0.15, 0.2) is 0 Å². The van der Waals surface area contributed by atoms with Crippen LogP contribution in [0.4, 0.5) is 5.69 Å². The molecule has 2 heterocycles. The summed E-state index contributed by atoms with van der Waals surface area (Å²) in [6, 6.07) is 7.95. The van der Waals surface area contributed by atoms with E-state index >= 15 is 0 Å². The Hall–Kier alpha value is -2.61. The number of benzene rings is 1. The Bertz CT molecular complexity index is 745. The van der Waals surface area contributed by atoms with Crippen LogP contribution in [0.5, 0.6) is 5.75 Å². The number of para-hydroxylation sites is 2. The summed E-state index contributed by atoms with van der Waals surface area (Å²) in [7, 11) is 1.67. The van der Waals surface area contributed by atoms with Gasteiger partial charge in [0.1, 0.15) is 11.9 Å². The highest BCUT2D eigenvalue weighted by atomic mass is 16.5. The predicted molar refractivity (Wildman–Crippen MR) is 112 cm³/mol. The second-order valence-electron chi connectivity index (χ2n) is 7.68. The lowest BCUT2D eigenvalue weighted by atomic mass is 10.1. The van der Waals surface area contributed by atoms with E-state index in [9.17, 15) is 14.4 Å². The monoisotopic (exact) mass is 417 g/mol. The molecule has 2 saturated heterocycles. The normalized spacial score (nSPS) is 19.0. The second-order valence-corrected chi connectivity index (χ2v) is 7.68. The number of carbonyl (C=O) groups excluding carboxylic acids is 3. The minimum Gasteiger partial charge on any atom is -0.495 e. The topological polar surface area (TPSA) is 79.4 Å². The summed E-state index contributed by atoms with van der Waals surface area (Å²) in [6.07, 6.45) is 1.09. The molecular weight excluding hydrogens is 386 g/mol. The summed E-state index contributed by atoms with van der Waals surface area (Å²) in [5.41, 5.74) is 1.07. The van der Waals surface area contributed by atoms with E-state index in [-0.39, 0.29) is 30.7 Å². The smallest absolute Gasteiger partial charge is 0.305 e. The van der Waals surface area contributed by atoms with Crippen LogP contribution in [-0.4, -0.2) is 80.1 Å². The maximum absolute atomic E-state index is 12.2. The largest absolute Gasteiger partial charge is 0.495 e. The van der Waals surface area contributed by atoms with Crippen LogP contribution in [0.3, 0.4) is 0 Å². The molecule has 164 valence electrons. The van der Waals surface area contributed by atoms with Gasteiger partial charge in [-0.25, -0.2) is 0 Å². The lowest BCUT2D eigenvalue weighted by Crippen LogP contribution is -2.52. The summed E-state index contributed by atoms with van der Waals surface area (Å²) in [6.45, 7) is 5.59. The third-order valence-electron chi connectivity index (χ3n) is 5.62. The predicted octanol–water partition coefficient (Wildman–Crippen LogP) is 1.68. The average Bonchev–Trinajstić information content (AvgIpc) is 2.76. The summed E-state index contributed by atoms with van der Waals surface area (Å²) in [5.74, 6) is 0.182. The summed E-state index contributed by atoms with van der Waals surface area (Å²) in [5, 5.41) is 0. The number of carbonyl (C=O) groups is 3. The Morgan fingerprint density at radius 3 is 2.33 bits per heavy atom. The van der Waals surface area contributed by atoms with Crippen LogP contribution < -0.4 is 9.64 Å². The average molecular weight is 418 g/mol. The van der Waals surface area contributed by atoms with Crippen molar-refractivity contribution in [1.82, 2.24) is 9.80 Å². The first-order chi connectivity index (χ1) is 14.5. The van der Waals surface area contributed by atoms with Crippen molar-refractivity contribution < 1.29 is 23.9 Å². The van der Waals surface area contributed by atoms with Crippen molar-refractivity contribution in [1.29, 1.82) is 0 Å². The maximum atomic E-state index is 12.2.